The van der Waals surface area contributed by atoms with Crippen molar-refractivity contribution in [3.05, 3.63) is 111 Å². The molecule has 3 aromatic carbocycles. The number of amides is 1. The van der Waals surface area contributed by atoms with Crippen LogP contribution in [-0.4, -0.2) is 88.0 Å². The van der Waals surface area contributed by atoms with E-state index in [0.29, 0.717) is 61.3 Å². The molecule has 0 aliphatic carbocycles. The number of aromatic amines is 1. The number of hydrogen-bond donors (Lipinski definition) is 4. The zero-order valence-corrected chi connectivity index (χ0v) is 30.0. The lowest BCUT2D eigenvalue weighted by Crippen LogP contribution is -2.55. The molecule has 11 heteroatoms. The van der Waals surface area contributed by atoms with Crippen molar-refractivity contribution in [1.82, 2.24) is 20.1 Å². The number of nitrogens with one attached hydrogen (secondary N) is 2. The van der Waals surface area contributed by atoms with Gasteiger partial charge in [0.2, 0.25) is 11.5 Å². The molecular weight excluding hydrogens is 672 g/mol. The highest BCUT2D eigenvalue weighted by Gasteiger charge is 2.47. The summed E-state index contributed by atoms with van der Waals surface area (Å²) in [5.74, 6) is 0.179. The lowest BCUT2D eigenvalue weighted by Gasteiger charge is -2.46. The number of nitrogens with zero attached hydrogens (tertiary/aromatic N) is 2. The van der Waals surface area contributed by atoms with Crippen LogP contribution in [0.25, 0.3) is 10.9 Å². The van der Waals surface area contributed by atoms with Gasteiger partial charge in [0, 0.05) is 62.6 Å². The molecule has 0 unspecified atom stereocenters. The normalized spacial score (nSPS) is 21.3. The molecule has 4 aromatic rings. The molecule has 5 heterocycles. The van der Waals surface area contributed by atoms with Gasteiger partial charge in [0.1, 0.15) is 11.9 Å². The molecule has 2 bridgehead atoms. The Bertz CT molecular complexity index is 1980. The first-order valence-electron chi connectivity index (χ1n) is 18.8. The van der Waals surface area contributed by atoms with Crippen LogP contribution in [0, 0.1) is 5.92 Å². The lowest BCUT2D eigenvalue weighted by molar-refractivity contribution is -0.168. The standard InChI is InChI=1S/C42H48N4O7/c47-34(29-11-9-28(10-12-29)25-43-26-36(49)32-13-15-35(48)40-33(32)14-16-38(50)44-40)7-4-8-39(51)46-23-19-42(20-24-46,31-5-2-1-3-6-31)41(52)53-37-27-45-21-17-30(37)18-22-45/h1-3,5-6,9-16,30,36-37,43,48-49H,4,7-8,17-27H2,(H,44,50)/t36-,37-/m0/s1. The monoisotopic (exact) mass is 720 g/mol. The Morgan fingerprint density at radius 2 is 1.64 bits per heavy atom. The van der Waals surface area contributed by atoms with E-state index >= 15 is 0 Å². The third kappa shape index (κ3) is 8.07. The number of H-pyrrole nitrogens is 1. The molecule has 1 aromatic heterocycles. The number of Topliss-reactive ketones (excluding diaryl/α,β-unsaturated/α-hetero) is 1. The van der Waals surface area contributed by atoms with Crippen molar-refractivity contribution in [3.8, 4) is 5.75 Å². The second kappa shape index (κ2) is 16.0. The number of ether oxygens (including phenoxy) is 1. The SMILES string of the molecule is O=C(CCCC(=O)N1CCC(C(=O)O[C@H]2CN3CCC2CC3)(c2ccccc2)CC1)c1ccc(CNC[C@H](O)c2ccc(O)c3[nH]c(=O)ccc23)cc1. The summed E-state index contributed by atoms with van der Waals surface area (Å²) in [5.41, 5.74) is 2.23. The van der Waals surface area contributed by atoms with E-state index in [9.17, 15) is 29.4 Å². The number of aromatic hydroxyl groups is 1. The van der Waals surface area contributed by atoms with E-state index in [4.69, 9.17) is 4.74 Å². The molecule has 11 nitrogen and oxygen atoms in total. The van der Waals surface area contributed by atoms with Crippen LogP contribution < -0.4 is 10.9 Å². The van der Waals surface area contributed by atoms with Crippen molar-refractivity contribution >= 4 is 28.6 Å². The van der Waals surface area contributed by atoms with Gasteiger partial charge in [-0.2, -0.15) is 0 Å². The third-order valence-electron chi connectivity index (χ3n) is 11.5. The zero-order chi connectivity index (χ0) is 37.0. The summed E-state index contributed by atoms with van der Waals surface area (Å²) in [6.45, 7) is 4.61. The predicted octanol–water partition coefficient (Wildman–Crippen LogP) is 4.61. The van der Waals surface area contributed by atoms with Gasteiger partial charge < -0.3 is 30.2 Å². The minimum absolute atomic E-state index is 0.00224. The molecule has 1 amide bonds. The first-order chi connectivity index (χ1) is 25.7. The average Bonchev–Trinajstić information content (AvgIpc) is 3.19. The van der Waals surface area contributed by atoms with E-state index in [1.807, 2.05) is 47.4 Å². The molecule has 53 heavy (non-hydrogen) atoms. The minimum atomic E-state index is -0.875. The molecule has 0 spiro atoms. The number of benzene rings is 3. The van der Waals surface area contributed by atoms with Crippen LogP contribution in [0.1, 0.15) is 78.1 Å². The number of pyridine rings is 1. The Labute approximate surface area is 309 Å². The van der Waals surface area contributed by atoms with Gasteiger partial charge in [-0.15, -0.1) is 0 Å². The molecule has 8 rings (SSSR count). The van der Waals surface area contributed by atoms with Gasteiger partial charge >= 0.3 is 5.97 Å². The quantitative estimate of drug-likeness (QED) is 0.115. The fourth-order valence-electron chi connectivity index (χ4n) is 8.32. The van der Waals surface area contributed by atoms with E-state index < -0.39 is 11.5 Å². The Balaban J connectivity index is 0.863. The zero-order valence-electron chi connectivity index (χ0n) is 30.0. The Morgan fingerprint density at radius 1 is 0.906 bits per heavy atom. The number of phenolic OH excluding ortho intramolecular Hbond substituents is 1. The molecular formula is C42H48N4O7. The van der Waals surface area contributed by atoms with Crippen LogP contribution in [0.2, 0.25) is 0 Å². The molecule has 278 valence electrons. The number of fused-ring (bicyclic) bond motifs is 4. The summed E-state index contributed by atoms with van der Waals surface area (Å²) in [6, 6.07) is 23.2. The van der Waals surface area contributed by atoms with E-state index in [0.717, 1.165) is 43.6 Å². The second-order valence-electron chi connectivity index (χ2n) is 14.8. The van der Waals surface area contributed by atoms with E-state index in [-0.39, 0.29) is 60.0 Å². The van der Waals surface area contributed by atoms with Crippen LogP contribution in [0.15, 0.2) is 83.7 Å². The van der Waals surface area contributed by atoms with Crippen molar-refractivity contribution in [2.45, 2.75) is 69.1 Å². The third-order valence-corrected chi connectivity index (χ3v) is 11.5. The van der Waals surface area contributed by atoms with Gasteiger partial charge in [-0.3, -0.25) is 24.1 Å². The van der Waals surface area contributed by atoms with Gasteiger partial charge in [-0.1, -0.05) is 60.7 Å². The number of rotatable bonds is 13. The average molecular weight is 721 g/mol. The van der Waals surface area contributed by atoms with Crippen molar-refractivity contribution in [3.63, 3.8) is 0 Å². The second-order valence-corrected chi connectivity index (χ2v) is 14.8. The van der Waals surface area contributed by atoms with E-state index in [2.05, 4.69) is 15.2 Å². The smallest absolute Gasteiger partial charge is 0.317 e. The highest BCUT2D eigenvalue weighted by Crippen LogP contribution is 2.39. The van der Waals surface area contributed by atoms with Crippen LogP contribution in [0.5, 0.6) is 5.75 Å². The Hall–Kier alpha value is -4.84. The number of hydrogen-bond acceptors (Lipinski definition) is 9. The maximum absolute atomic E-state index is 13.9. The highest BCUT2D eigenvalue weighted by atomic mass is 16.5. The highest BCUT2D eigenvalue weighted by molar-refractivity contribution is 5.96. The predicted molar refractivity (Wildman–Crippen MR) is 201 cm³/mol. The first kappa shape index (κ1) is 36.5. The molecule has 0 radical (unpaired) electrons. The van der Waals surface area contributed by atoms with Crippen molar-refractivity contribution < 1.29 is 29.3 Å². The fraction of sp³-hybridized carbons (Fsp3) is 0.429. The number of ketones is 1. The Kier molecular flexibility index (Phi) is 11.0. The maximum atomic E-state index is 13.9. The summed E-state index contributed by atoms with van der Waals surface area (Å²) in [7, 11) is 0. The largest absolute Gasteiger partial charge is 0.506 e. The number of carbonyl (C=O) groups excluding carboxylic acids is 3. The van der Waals surface area contributed by atoms with Crippen LogP contribution in [0.3, 0.4) is 0 Å². The fourth-order valence-corrected chi connectivity index (χ4v) is 8.32. The van der Waals surface area contributed by atoms with Crippen LogP contribution in [0.4, 0.5) is 0 Å². The Morgan fingerprint density at radius 3 is 2.34 bits per heavy atom. The van der Waals surface area contributed by atoms with Gasteiger partial charge in [0.15, 0.2) is 5.78 Å². The molecule has 4 fully saturated rings. The molecule has 4 aliphatic heterocycles. The molecule has 4 aliphatic rings. The minimum Gasteiger partial charge on any atom is -0.506 e. The lowest BCUT2D eigenvalue weighted by atomic mass is 9.72. The summed E-state index contributed by atoms with van der Waals surface area (Å²) in [6.07, 6.45) is 3.20. The number of phenols is 1. The maximum Gasteiger partial charge on any atom is 0.317 e. The number of esters is 1. The number of carbonyl (C=O) groups is 3. The number of likely N-dealkylation sites (tertiary alicyclic amines) is 1. The van der Waals surface area contributed by atoms with Gasteiger partial charge in [0.05, 0.1) is 17.0 Å². The van der Waals surface area contributed by atoms with Crippen LogP contribution in [-0.2, 0) is 26.3 Å². The topological polar surface area (TPSA) is 152 Å². The van der Waals surface area contributed by atoms with Crippen molar-refractivity contribution in [2.24, 2.45) is 5.92 Å². The number of aliphatic hydroxyl groups excluding tert-OH is 1. The summed E-state index contributed by atoms with van der Waals surface area (Å²) in [5, 5.41) is 24.7. The number of piperidine rings is 4. The van der Waals surface area contributed by atoms with E-state index in [1.54, 1.807) is 24.3 Å². The van der Waals surface area contributed by atoms with Gasteiger partial charge in [0.25, 0.3) is 0 Å². The summed E-state index contributed by atoms with van der Waals surface area (Å²) >= 11 is 0. The molecule has 4 N–H and O–H groups in total. The summed E-state index contributed by atoms with van der Waals surface area (Å²) in [4.78, 5) is 58.7. The molecule has 4 saturated heterocycles. The number of aromatic nitrogens is 1. The molecule has 2 atom stereocenters. The number of aliphatic hydroxyl groups is 1. The van der Waals surface area contributed by atoms with Crippen molar-refractivity contribution in [1.29, 1.82) is 0 Å². The van der Waals surface area contributed by atoms with Gasteiger partial charge in [-0.25, -0.2) is 0 Å². The van der Waals surface area contributed by atoms with Crippen molar-refractivity contribution in [2.75, 3.05) is 39.3 Å². The van der Waals surface area contributed by atoms with Gasteiger partial charge in [-0.05, 0) is 79.9 Å². The first-order valence-corrected chi connectivity index (χ1v) is 18.8. The summed E-state index contributed by atoms with van der Waals surface area (Å²) < 4.78 is 6.27. The van der Waals surface area contributed by atoms with E-state index in [1.165, 1.54) is 12.1 Å². The van der Waals surface area contributed by atoms with Crippen LogP contribution >= 0.6 is 0 Å². The molecule has 0 saturated carbocycles.